The smallest absolute Gasteiger partial charge is 0.159 e. The molecule has 2 heterocycles. The summed E-state index contributed by atoms with van der Waals surface area (Å²) in [6.07, 6.45) is 5.02. The number of fused-ring (bicyclic) bond motifs is 2. The lowest BCUT2D eigenvalue weighted by Gasteiger charge is -2.33. The van der Waals surface area contributed by atoms with E-state index in [0.29, 0.717) is 6.42 Å². The van der Waals surface area contributed by atoms with Gasteiger partial charge in [-0.2, -0.15) is 0 Å². The average molecular weight is 308 g/mol. The van der Waals surface area contributed by atoms with Crippen molar-refractivity contribution in [2.75, 3.05) is 14.2 Å². The van der Waals surface area contributed by atoms with Gasteiger partial charge in [-0.05, 0) is 37.0 Å². The number of sulfone groups is 1. The first-order valence-corrected chi connectivity index (χ1v) is 8.83. The Kier molecular flexibility index (Phi) is 3.69. The molecule has 5 heteroatoms. The molecule has 4 nitrogen and oxygen atoms in total. The van der Waals surface area contributed by atoms with E-state index in [2.05, 4.69) is 0 Å². The summed E-state index contributed by atoms with van der Waals surface area (Å²) in [5.41, 5.74) is 2.06. The first-order valence-electron chi connectivity index (χ1n) is 7.22. The second-order valence-electron chi connectivity index (χ2n) is 5.64. The van der Waals surface area contributed by atoms with Gasteiger partial charge in [0.05, 0.1) is 24.7 Å². The number of ether oxygens (including phenoxy) is 2. The van der Waals surface area contributed by atoms with E-state index in [0.717, 1.165) is 41.9 Å². The summed E-state index contributed by atoms with van der Waals surface area (Å²) in [4.78, 5) is 0. The van der Waals surface area contributed by atoms with Crippen LogP contribution in [-0.2, 0) is 9.84 Å². The fourth-order valence-corrected chi connectivity index (χ4v) is 5.57. The number of allylic oxidation sites excluding steroid dienone is 1. The number of methoxy groups -OCH3 is 2. The van der Waals surface area contributed by atoms with Crippen LogP contribution in [0.3, 0.4) is 0 Å². The molecule has 1 aromatic carbocycles. The normalized spacial score (nSPS) is 26.9. The molecule has 0 radical (unpaired) electrons. The summed E-state index contributed by atoms with van der Waals surface area (Å²) >= 11 is 0. The Morgan fingerprint density at radius 3 is 2.62 bits per heavy atom. The van der Waals surface area contributed by atoms with E-state index < -0.39 is 9.84 Å². The lowest BCUT2D eigenvalue weighted by atomic mass is 9.93. The highest BCUT2D eigenvalue weighted by atomic mass is 32.2. The van der Waals surface area contributed by atoms with Crippen molar-refractivity contribution in [3.8, 4) is 11.5 Å². The van der Waals surface area contributed by atoms with Gasteiger partial charge in [0.25, 0.3) is 0 Å². The van der Waals surface area contributed by atoms with Crippen LogP contribution in [0.5, 0.6) is 11.5 Å². The summed E-state index contributed by atoms with van der Waals surface area (Å²) in [6.45, 7) is 0. The lowest BCUT2D eigenvalue weighted by molar-refractivity contribution is 0.393. The molecule has 0 saturated carbocycles. The predicted octanol–water partition coefficient (Wildman–Crippen LogP) is 2.83. The van der Waals surface area contributed by atoms with E-state index in [1.54, 1.807) is 14.2 Å². The highest BCUT2D eigenvalue weighted by Gasteiger charge is 2.40. The molecule has 3 rings (SSSR count). The molecule has 0 spiro atoms. The molecule has 0 amide bonds. The van der Waals surface area contributed by atoms with Crippen LogP contribution in [0.25, 0.3) is 5.57 Å². The van der Waals surface area contributed by atoms with E-state index in [-0.39, 0.29) is 10.5 Å². The average Bonchev–Trinajstić information content (AvgIpc) is 2.45. The lowest BCUT2D eigenvalue weighted by Crippen LogP contribution is -2.38. The fraction of sp³-hybridized carbons (Fsp3) is 0.500. The molecule has 2 unspecified atom stereocenters. The van der Waals surface area contributed by atoms with Crippen LogP contribution >= 0.6 is 0 Å². The van der Waals surface area contributed by atoms with Gasteiger partial charge < -0.3 is 9.47 Å². The number of hydrogen-bond donors (Lipinski definition) is 0. The Morgan fingerprint density at radius 2 is 1.95 bits per heavy atom. The Hall–Kier alpha value is -1.49. The van der Waals surface area contributed by atoms with Crippen molar-refractivity contribution in [3.05, 3.63) is 29.8 Å². The summed E-state index contributed by atoms with van der Waals surface area (Å²) in [5.74, 6) is 1.47. The highest BCUT2D eigenvalue weighted by Crippen LogP contribution is 2.42. The summed E-state index contributed by atoms with van der Waals surface area (Å²) in [5, 5.41) is -0.560. The van der Waals surface area contributed by atoms with Crippen LogP contribution in [0, 0.1) is 0 Å². The van der Waals surface area contributed by atoms with E-state index in [1.165, 1.54) is 0 Å². The van der Waals surface area contributed by atoms with Crippen molar-refractivity contribution in [1.29, 1.82) is 0 Å². The summed E-state index contributed by atoms with van der Waals surface area (Å²) in [6, 6.07) is 5.68. The standard InChI is InChI=1S/C16H20O4S/c1-19-12-6-7-15(16(10-12)20-2)11-8-13-4-3-5-14(9-11)21(13,17)18/h6-8,10,13-14H,3-5,9H2,1-2H3. The molecule has 0 N–H and O–H groups in total. The quantitative estimate of drug-likeness (QED) is 0.861. The van der Waals surface area contributed by atoms with Gasteiger partial charge in [0.2, 0.25) is 0 Å². The molecular weight excluding hydrogens is 288 g/mol. The van der Waals surface area contributed by atoms with Gasteiger partial charge in [0.1, 0.15) is 11.5 Å². The number of rotatable bonds is 3. The fourth-order valence-electron chi connectivity index (χ4n) is 3.32. The topological polar surface area (TPSA) is 52.6 Å². The van der Waals surface area contributed by atoms with Crippen LogP contribution in [0.15, 0.2) is 24.3 Å². The van der Waals surface area contributed by atoms with E-state index in [1.807, 2.05) is 24.3 Å². The van der Waals surface area contributed by atoms with Gasteiger partial charge in [0.15, 0.2) is 9.84 Å². The Bertz CT molecular complexity index is 676. The summed E-state index contributed by atoms with van der Waals surface area (Å²) in [7, 11) is 0.260. The third kappa shape index (κ3) is 2.44. The highest BCUT2D eigenvalue weighted by molar-refractivity contribution is 7.93. The van der Waals surface area contributed by atoms with Crippen molar-refractivity contribution in [2.45, 2.75) is 36.2 Å². The maximum Gasteiger partial charge on any atom is 0.159 e. The number of hydrogen-bond acceptors (Lipinski definition) is 4. The zero-order valence-electron chi connectivity index (χ0n) is 12.3. The molecule has 2 aliphatic rings. The Morgan fingerprint density at radius 1 is 1.14 bits per heavy atom. The minimum absolute atomic E-state index is 0.233. The molecule has 1 saturated heterocycles. The van der Waals surface area contributed by atoms with Gasteiger partial charge in [0, 0.05) is 11.6 Å². The second-order valence-corrected chi connectivity index (χ2v) is 8.09. The summed E-state index contributed by atoms with van der Waals surface area (Å²) < 4.78 is 35.3. The molecular formula is C16H20O4S. The van der Waals surface area contributed by atoms with Crippen LogP contribution in [0.2, 0.25) is 0 Å². The molecule has 1 fully saturated rings. The Balaban J connectivity index is 2.04. The van der Waals surface area contributed by atoms with E-state index >= 15 is 0 Å². The molecule has 0 aliphatic carbocycles. The molecule has 21 heavy (non-hydrogen) atoms. The maximum absolute atomic E-state index is 12.3. The molecule has 2 bridgehead atoms. The molecule has 2 atom stereocenters. The monoisotopic (exact) mass is 308 g/mol. The van der Waals surface area contributed by atoms with Gasteiger partial charge in [-0.1, -0.05) is 12.5 Å². The third-order valence-corrected chi connectivity index (χ3v) is 7.04. The largest absolute Gasteiger partial charge is 0.497 e. The minimum atomic E-state index is -2.98. The van der Waals surface area contributed by atoms with Gasteiger partial charge in [-0.15, -0.1) is 0 Å². The van der Waals surface area contributed by atoms with Crippen molar-refractivity contribution in [3.63, 3.8) is 0 Å². The van der Waals surface area contributed by atoms with Crippen LogP contribution in [-0.4, -0.2) is 33.1 Å². The predicted molar refractivity (Wildman–Crippen MR) is 82.5 cm³/mol. The minimum Gasteiger partial charge on any atom is -0.497 e. The molecule has 0 aromatic heterocycles. The second kappa shape index (κ2) is 5.37. The van der Waals surface area contributed by atoms with E-state index in [9.17, 15) is 8.42 Å². The van der Waals surface area contributed by atoms with Crippen molar-refractivity contribution in [1.82, 2.24) is 0 Å². The van der Waals surface area contributed by atoms with Crippen LogP contribution < -0.4 is 9.47 Å². The van der Waals surface area contributed by atoms with Gasteiger partial charge >= 0.3 is 0 Å². The van der Waals surface area contributed by atoms with Crippen molar-refractivity contribution >= 4 is 15.4 Å². The molecule has 2 aliphatic heterocycles. The molecule has 114 valence electrons. The zero-order chi connectivity index (χ0) is 15.0. The van der Waals surface area contributed by atoms with Crippen molar-refractivity contribution < 1.29 is 17.9 Å². The van der Waals surface area contributed by atoms with Gasteiger partial charge in [-0.3, -0.25) is 0 Å². The van der Waals surface area contributed by atoms with Crippen molar-refractivity contribution in [2.24, 2.45) is 0 Å². The van der Waals surface area contributed by atoms with Gasteiger partial charge in [-0.25, -0.2) is 8.42 Å². The Labute approximate surface area is 125 Å². The number of benzene rings is 1. The third-order valence-electron chi connectivity index (χ3n) is 4.49. The maximum atomic E-state index is 12.3. The first kappa shape index (κ1) is 14.4. The zero-order valence-corrected chi connectivity index (χ0v) is 13.2. The molecule has 1 aromatic rings. The van der Waals surface area contributed by atoms with Crippen LogP contribution in [0.4, 0.5) is 0 Å². The van der Waals surface area contributed by atoms with Crippen LogP contribution in [0.1, 0.15) is 31.2 Å². The first-order chi connectivity index (χ1) is 10.1. The van der Waals surface area contributed by atoms with E-state index in [4.69, 9.17) is 9.47 Å². The SMILES string of the molecule is COc1ccc(C2=CC3CCCC(C2)S3(=O)=O)c(OC)c1.